The Kier molecular flexibility index (Phi) is 3.67. The number of aliphatic hydroxyl groups is 1. The molecule has 0 fully saturated rings. The van der Waals surface area contributed by atoms with Gasteiger partial charge in [0.05, 0.1) is 16.2 Å². The summed E-state index contributed by atoms with van der Waals surface area (Å²) >= 11 is 5.91. The highest BCUT2D eigenvalue weighted by Crippen LogP contribution is 2.40. The van der Waals surface area contributed by atoms with Gasteiger partial charge in [0.1, 0.15) is 0 Å². The lowest BCUT2D eigenvalue weighted by atomic mass is 9.88. The van der Waals surface area contributed by atoms with Crippen molar-refractivity contribution in [3.05, 3.63) is 59.1 Å². The number of para-hydroxylation sites is 1. The second-order valence-corrected chi connectivity index (χ2v) is 7.87. The van der Waals surface area contributed by atoms with E-state index in [4.69, 9.17) is 11.6 Å². The Morgan fingerprint density at radius 1 is 1.18 bits per heavy atom. The van der Waals surface area contributed by atoms with Crippen LogP contribution < -0.4 is 4.31 Å². The molecule has 0 spiro atoms. The van der Waals surface area contributed by atoms with Crippen molar-refractivity contribution in [3.8, 4) is 0 Å². The quantitative estimate of drug-likeness (QED) is 0.915. The largest absolute Gasteiger partial charge is 0.385 e. The fourth-order valence-electron chi connectivity index (χ4n) is 2.73. The lowest BCUT2D eigenvalue weighted by molar-refractivity contribution is 0.0472. The summed E-state index contributed by atoms with van der Waals surface area (Å²) in [6.45, 7) is 1.92. The van der Waals surface area contributed by atoms with Gasteiger partial charge >= 0.3 is 0 Å². The number of nitrogens with zero attached hydrogens (tertiary/aromatic N) is 1. The minimum absolute atomic E-state index is 0.149. The van der Waals surface area contributed by atoms with Crippen LogP contribution in [0.1, 0.15) is 18.9 Å². The molecule has 1 unspecified atom stereocenters. The van der Waals surface area contributed by atoms with E-state index in [1.165, 1.54) is 16.4 Å². The van der Waals surface area contributed by atoms with Crippen molar-refractivity contribution >= 4 is 27.3 Å². The molecule has 4 nitrogen and oxygen atoms in total. The number of fused-ring (bicyclic) bond motifs is 1. The van der Waals surface area contributed by atoms with Crippen LogP contribution in [0.3, 0.4) is 0 Å². The molecule has 22 heavy (non-hydrogen) atoms. The van der Waals surface area contributed by atoms with Gasteiger partial charge in [-0.2, -0.15) is 0 Å². The molecule has 0 saturated carbocycles. The lowest BCUT2D eigenvalue weighted by Crippen LogP contribution is -2.42. The highest BCUT2D eigenvalue weighted by molar-refractivity contribution is 7.92. The number of rotatable bonds is 2. The van der Waals surface area contributed by atoms with Crippen LogP contribution in [0.5, 0.6) is 0 Å². The van der Waals surface area contributed by atoms with E-state index in [1.807, 2.05) is 0 Å². The molecule has 1 heterocycles. The van der Waals surface area contributed by atoms with Crippen molar-refractivity contribution in [1.29, 1.82) is 0 Å². The highest BCUT2D eigenvalue weighted by Gasteiger charge is 2.38. The monoisotopic (exact) mass is 337 g/mol. The van der Waals surface area contributed by atoms with Crippen LogP contribution >= 0.6 is 11.6 Å². The Labute approximate surface area is 135 Å². The smallest absolute Gasteiger partial charge is 0.264 e. The van der Waals surface area contributed by atoms with Crippen LogP contribution in [0.4, 0.5) is 5.69 Å². The molecule has 2 aromatic rings. The van der Waals surface area contributed by atoms with Crippen molar-refractivity contribution in [2.75, 3.05) is 10.8 Å². The van der Waals surface area contributed by atoms with Crippen molar-refractivity contribution in [2.45, 2.75) is 23.8 Å². The minimum atomic E-state index is -3.71. The zero-order chi connectivity index (χ0) is 16.0. The minimum Gasteiger partial charge on any atom is -0.385 e. The Morgan fingerprint density at radius 2 is 1.91 bits per heavy atom. The molecule has 1 N–H and O–H groups in total. The highest BCUT2D eigenvalue weighted by atomic mass is 35.5. The van der Waals surface area contributed by atoms with E-state index in [1.54, 1.807) is 43.3 Å². The van der Waals surface area contributed by atoms with Gasteiger partial charge in [0.2, 0.25) is 0 Å². The maximum Gasteiger partial charge on any atom is 0.264 e. The van der Waals surface area contributed by atoms with Crippen LogP contribution in [-0.4, -0.2) is 20.1 Å². The zero-order valence-electron chi connectivity index (χ0n) is 12.0. The first-order valence-corrected chi connectivity index (χ1v) is 8.74. The first kappa shape index (κ1) is 15.3. The molecule has 0 saturated heterocycles. The fourth-order valence-corrected chi connectivity index (χ4v) is 4.51. The van der Waals surface area contributed by atoms with Crippen molar-refractivity contribution in [2.24, 2.45) is 0 Å². The van der Waals surface area contributed by atoms with Gasteiger partial charge in [-0.3, -0.25) is 4.31 Å². The zero-order valence-corrected chi connectivity index (χ0v) is 13.6. The van der Waals surface area contributed by atoms with Crippen LogP contribution in [0, 0.1) is 0 Å². The summed E-state index contributed by atoms with van der Waals surface area (Å²) in [5.74, 6) is 0. The predicted molar refractivity (Wildman–Crippen MR) is 86.6 cm³/mol. The molecular weight excluding hydrogens is 322 g/mol. The van der Waals surface area contributed by atoms with E-state index in [-0.39, 0.29) is 11.4 Å². The normalized spacial score (nSPS) is 21.5. The SMILES string of the molecule is CC1(O)CCN(S(=O)(=O)c2cccc(Cl)c2)c2ccccc21. The van der Waals surface area contributed by atoms with Crippen LogP contribution in [-0.2, 0) is 15.6 Å². The lowest BCUT2D eigenvalue weighted by Gasteiger charge is -2.38. The molecule has 116 valence electrons. The first-order chi connectivity index (χ1) is 10.3. The van der Waals surface area contributed by atoms with Gasteiger partial charge in [-0.05, 0) is 37.6 Å². The summed E-state index contributed by atoms with van der Waals surface area (Å²) in [7, 11) is -3.71. The maximum absolute atomic E-state index is 12.9. The Bertz CT molecular complexity index is 818. The molecule has 0 aromatic heterocycles. The topological polar surface area (TPSA) is 57.6 Å². The average molecular weight is 338 g/mol. The Hall–Kier alpha value is -1.56. The summed E-state index contributed by atoms with van der Waals surface area (Å²) in [5, 5.41) is 10.9. The van der Waals surface area contributed by atoms with E-state index < -0.39 is 15.6 Å². The molecule has 1 aliphatic heterocycles. The molecule has 0 aliphatic carbocycles. The van der Waals surface area contributed by atoms with E-state index in [0.717, 1.165) is 0 Å². The molecule has 3 rings (SSSR count). The van der Waals surface area contributed by atoms with E-state index in [9.17, 15) is 13.5 Å². The third kappa shape index (κ3) is 2.49. The summed E-state index contributed by atoms with van der Waals surface area (Å²) < 4.78 is 27.1. The molecule has 1 aliphatic rings. The van der Waals surface area contributed by atoms with Crippen LogP contribution in [0.25, 0.3) is 0 Å². The van der Waals surface area contributed by atoms with Gasteiger partial charge in [-0.15, -0.1) is 0 Å². The summed E-state index contributed by atoms with van der Waals surface area (Å²) in [5.41, 5.74) is 0.0994. The number of halogens is 1. The Balaban J connectivity index is 2.13. The summed E-state index contributed by atoms with van der Waals surface area (Å²) in [6.07, 6.45) is 0.337. The molecule has 0 amide bonds. The number of sulfonamides is 1. The molecule has 2 aromatic carbocycles. The van der Waals surface area contributed by atoms with Gasteiger partial charge in [0, 0.05) is 17.1 Å². The van der Waals surface area contributed by atoms with Crippen LogP contribution in [0.15, 0.2) is 53.4 Å². The molecule has 0 radical (unpaired) electrons. The van der Waals surface area contributed by atoms with Gasteiger partial charge in [-0.1, -0.05) is 35.9 Å². The third-order valence-electron chi connectivity index (χ3n) is 3.94. The van der Waals surface area contributed by atoms with Crippen molar-refractivity contribution in [1.82, 2.24) is 0 Å². The maximum atomic E-state index is 12.9. The second-order valence-electron chi connectivity index (χ2n) is 5.58. The fraction of sp³-hybridized carbons (Fsp3) is 0.250. The van der Waals surface area contributed by atoms with Gasteiger partial charge < -0.3 is 5.11 Å². The number of hydrogen-bond donors (Lipinski definition) is 1. The average Bonchev–Trinajstić information content (AvgIpc) is 2.47. The second kappa shape index (κ2) is 5.26. The van der Waals surface area contributed by atoms with E-state index in [0.29, 0.717) is 22.7 Å². The van der Waals surface area contributed by atoms with Gasteiger partial charge in [-0.25, -0.2) is 8.42 Å². The molecule has 6 heteroatoms. The van der Waals surface area contributed by atoms with Crippen molar-refractivity contribution < 1.29 is 13.5 Å². The van der Waals surface area contributed by atoms with Crippen LogP contribution in [0.2, 0.25) is 5.02 Å². The summed E-state index contributed by atoms with van der Waals surface area (Å²) in [6, 6.07) is 13.2. The Morgan fingerprint density at radius 3 is 2.64 bits per heavy atom. The summed E-state index contributed by atoms with van der Waals surface area (Å²) in [4.78, 5) is 0.149. The van der Waals surface area contributed by atoms with E-state index >= 15 is 0 Å². The van der Waals surface area contributed by atoms with E-state index in [2.05, 4.69) is 0 Å². The third-order valence-corrected chi connectivity index (χ3v) is 5.98. The predicted octanol–water partition coefficient (Wildman–Crippen LogP) is 3.15. The standard InChI is InChI=1S/C16H16ClNO3S/c1-16(19)9-10-18(15-8-3-2-7-14(15)16)22(20,21)13-6-4-5-12(17)11-13/h2-8,11,19H,9-10H2,1H3. The number of anilines is 1. The first-order valence-electron chi connectivity index (χ1n) is 6.92. The van der Waals surface area contributed by atoms with Gasteiger partial charge in [0.15, 0.2) is 0 Å². The molecule has 0 bridgehead atoms. The van der Waals surface area contributed by atoms with Crippen molar-refractivity contribution in [3.63, 3.8) is 0 Å². The number of hydrogen-bond acceptors (Lipinski definition) is 3. The molecule has 1 atom stereocenters. The molecular formula is C16H16ClNO3S. The number of benzene rings is 2. The van der Waals surface area contributed by atoms with Gasteiger partial charge in [0.25, 0.3) is 10.0 Å².